The lowest BCUT2D eigenvalue weighted by atomic mass is 9.95. The van der Waals surface area contributed by atoms with Crippen molar-refractivity contribution in [3.8, 4) is 0 Å². The molecule has 2 aromatic rings. The summed E-state index contributed by atoms with van der Waals surface area (Å²) in [6, 6.07) is 8.59. The maximum absolute atomic E-state index is 12.7. The summed E-state index contributed by atoms with van der Waals surface area (Å²) in [6.07, 6.45) is 3.37. The lowest BCUT2D eigenvalue weighted by Crippen LogP contribution is -2.47. The fourth-order valence-corrected chi connectivity index (χ4v) is 3.67. The topological polar surface area (TPSA) is 107 Å². The van der Waals surface area contributed by atoms with Crippen LogP contribution in [-0.2, 0) is 14.3 Å². The molecule has 10 heteroatoms. The number of hydrogen-bond acceptors (Lipinski definition) is 7. The van der Waals surface area contributed by atoms with E-state index < -0.39 is 24.0 Å². The molecule has 3 rings (SSSR count). The van der Waals surface area contributed by atoms with Crippen molar-refractivity contribution in [1.29, 1.82) is 0 Å². The minimum absolute atomic E-state index is 0.142. The highest BCUT2D eigenvalue weighted by Crippen LogP contribution is 2.29. The lowest BCUT2D eigenvalue weighted by molar-refractivity contribution is -0.139. The molecule has 1 atom stereocenters. The lowest BCUT2D eigenvalue weighted by Gasteiger charge is -2.29. The molecule has 0 bridgehead atoms. The van der Waals surface area contributed by atoms with Crippen LogP contribution in [0.3, 0.4) is 0 Å². The smallest absolute Gasteiger partial charge is 0.341 e. The Bertz CT molecular complexity index is 1030. The van der Waals surface area contributed by atoms with Gasteiger partial charge >= 0.3 is 18.0 Å². The molecule has 8 nitrogen and oxygen atoms in total. The monoisotopic (exact) mass is 461 g/mol. The number of esters is 2. The van der Waals surface area contributed by atoms with Crippen LogP contribution in [-0.4, -0.2) is 42.4 Å². The molecule has 2 N–H and O–H groups in total. The maximum atomic E-state index is 12.7. The van der Waals surface area contributed by atoms with Crippen LogP contribution < -0.4 is 10.6 Å². The van der Waals surface area contributed by atoms with E-state index >= 15 is 0 Å². The summed E-state index contributed by atoms with van der Waals surface area (Å²) < 4.78 is 10.6. The Labute approximate surface area is 188 Å². The molecule has 0 spiro atoms. The predicted octanol–water partition coefficient (Wildman–Crippen LogP) is 3.49. The third-order valence-corrected chi connectivity index (χ3v) is 5.35. The zero-order valence-electron chi connectivity index (χ0n) is 16.8. The summed E-state index contributed by atoms with van der Waals surface area (Å²) in [5, 5.41) is 6.29. The Morgan fingerprint density at radius 1 is 1.16 bits per heavy atom. The summed E-state index contributed by atoms with van der Waals surface area (Å²) in [6.45, 7) is 1.49. The second kappa shape index (κ2) is 10.3. The summed E-state index contributed by atoms with van der Waals surface area (Å²) in [5.41, 5.74) is 1.21. The number of carbonyl (C=O) groups is 3. The summed E-state index contributed by atoms with van der Waals surface area (Å²) in [7, 11) is 0. The van der Waals surface area contributed by atoms with Crippen molar-refractivity contribution >= 4 is 41.3 Å². The van der Waals surface area contributed by atoms with Gasteiger partial charge in [0.1, 0.15) is 11.6 Å². The van der Waals surface area contributed by atoms with E-state index in [4.69, 9.17) is 21.1 Å². The molecular formula is C21H20ClN3O5S. The zero-order chi connectivity index (χ0) is 22.4. The number of rotatable bonds is 7. The highest BCUT2D eigenvalue weighted by molar-refractivity contribution is 7.98. The molecule has 1 aliphatic rings. The first kappa shape index (κ1) is 22.6. The Kier molecular flexibility index (Phi) is 7.54. The van der Waals surface area contributed by atoms with Gasteiger partial charge in [0.15, 0.2) is 0 Å². The van der Waals surface area contributed by atoms with Crippen LogP contribution in [0, 0.1) is 0 Å². The maximum Gasteiger partial charge on any atom is 0.341 e. The van der Waals surface area contributed by atoms with Crippen LogP contribution in [0.1, 0.15) is 28.9 Å². The van der Waals surface area contributed by atoms with Crippen molar-refractivity contribution in [3.05, 3.63) is 70.0 Å². The molecule has 162 valence electrons. The van der Waals surface area contributed by atoms with Gasteiger partial charge in [-0.25, -0.2) is 19.4 Å². The molecule has 0 fully saturated rings. The third-order valence-electron chi connectivity index (χ3n) is 4.38. The van der Waals surface area contributed by atoms with Gasteiger partial charge in [-0.1, -0.05) is 23.7 Å². The van der Waals surface area contributed by atoms with E-state index in [-0.39, 0.29) is 24.5 Å². The van der Waals surface area contributed by atoms with E-state index in [2.05, 4.69) is 15.6 Å². The number of amides is 2. The Balaban J connectivity index is 1.93. The highest BCUT2D eigenvalue weighted by atomic mass is 35.5. The van der Waals surface area contributed by atoms with Crippen LogP contribution in [0.15, 0.2) is 58.9 Å². The van der Waals surface area contributed by atoms with Crippen LogP contribution in [0.25, 0.3) is 0 Å². The molecule has 1 aliphatic heterocycles. The number of halogens is 1. The summed E-state index contributed by atoms with van der Waals surface area (Å²) >= 11 is 7.26. The molecule has 2 amide bonds. The van der Waals surface area contributed by atoms with Crippen molar-refractivity contribution in [2.45, 2.75) is 18.0 Å². The minimum Gasteiger partial charge on any atom is -0.463 e. The second-order valence-electron chi connectivity index (χ2n) is 6.33. The van der Waals surface area contributed by atoms with E-state index in [0.717, 1.165) is 0 Å². The highest BCUT2D eigenvalue weighted by Gasteiger charge is 2.34. The number of nitrogens with one attached hydrogen (secondary N) is 2. The third kappa shape index (κ3) is 5.36. The van der Waals surface area contributed by atoms with Gasteiger partial charge < -0.3 is 20.1 Å². The predicted molar refractivity (Wildman–Crippen MR) is 116 cm³/mol. The van der Waals surface area contributed by atoms with Gasteiger partial charge in [0.05, 0.1) is 29.5 Å². The minimum atomic E-state index is -0.793. The van der Waals surface area contributed by atoms with Gasteiger partial charge in [0, 0.05) is 11.2 Å². The molecule has 0 aliphatic carbocycles. The van der Waals surface area contributed by atoms with Crippen LogP contribution in [0.2, 0.25) is 5.02 Å². The van der Waals surface area contributed by atoms with Gasteiger partial charge in [-0.2, -0.15) is 0 Å². The molecular weight excluding hydrogens is 442 g/mol. The number of ether oxygens (including phenoxy) is 2. The van der Waals surface area contributed by atoms with E-state index in [1.165, 1.54) is 11.8 Å². The van der Waals surface area contributed by atoms with Crippen LogP contribution in [0.5, 0.6) is 0 Å². The Hall–Kier alpha value is -3.04. The normalized spacial score (nSPS) is 15.7. The van der Waals surface area contributed by atoms with Crippen molar-refractivity contribution < 1.29 is 23.9 Å². The Morgan fingerprint density at radius 2 is 1.90 bits per heavy atom. The number of pyridine rings is 1. The number of carbonyl (C=O) groups excluding carboxylic acids is 3. The fourth-order valence-electron chi connectivity index (χ4n) is 3.01. The molecule has 0 radical (unpaired) electrons. The average Bonchev–Trinajstić information content (AvgIpc) is 2.77. The van der Waals surface area contributed by atoms with Crippen molar-refractivity contribution in [2.75, 3.05) is 19.5 Å². The number of aromatic nitrogens is 1. The van der Waals surface area contributed by atoms with Gasteiger partial charge in [-0.05, 0) is 43.0 Å². The molecule has 0 saturated heterocycles. The van der Waals surface area contributed by atoms with Gasteiger partial charge in [0.25, 0.3) is 0 Å². The molecule has 1 aromatic carbocycles. The van der Waals surface area contributed by atoms with E-state index in [1.54, 1.807) is 55.8 Å². The van der Waals surface area contributed by atoms with Gasteiger partial charge in [-0.3, -0.25) is 0 Å². The number of benzene rings is 1. The first-order valence-corrected chi connectivity index (χ1v) is 10.9. The first-order valence-electron chi connectivity index (χ1n) is 9.33. The molecule has 0 saturated carbocycles. The van der Waals surface area contributed by atoms with E-state index in [9.17, 15) is 14.4 Å². The summed E-state index contributed by atoms with van der Waals surface area (Å²) in [5.74, 6) is -1.25. The van der Waals surface area contributed by atoms with E-state index in [0.29, 0.717) is 21.2 Å². The standard InChI is InChI=1S/C21H20ClN3O5S/c1-3-29-20(27)16-15(11-30-19(26)14-5-4-10-23-18(14)31-2)24-21(28)25-17(16)12-6-8-13(22)9-7-12/h4-10,17H,3,11H2,1-2H3,(H2,24,25,28)/t17-/m1/s1. The number of urea groups is 1. The number of thioether (sulfide) groups is 1. The average molecular weight is 462 g/mol. The Morgan fingerprint density at radius 3 is 2.58 bits per heavy atom. The molecule has 31 heavy (non-hydrogen) atoms. The van der Waals surface area contributed by atoms with Crippen molar-refractivity contribution in [3.63, 3.8) is 0 Å². The quantitative estimate of drug-likeness (QED) is 0.480. The van der Waals surface area contributed by atoms with Gasteiger partial charge in [0.2, 0.25) is 0 Å². The SMILES string of the molecule is CCOC(=O)C1=C(COC(=O)c2cccnc2SC)NC(=O)N[C@@H]1c1ccc(Cl)cc1. The largest absolute Gasteiger partial charge is 0.463 e. The van der Waals surface area contributed by atoms with Crippen molar-refractivity contribution in [2.24, 2.45) is 0 Å². The second-order valence-corrected chi connectivity index (χ2v) is 7.56. The first-order chi connectivity index (χ1) is 14.9. The van der Waals surface area contributed by atoms with Crippen LogP contribution >= 0.6 is 23.4 Å². The molecule has 0 unspecified atom stereocenters. The zero-order valence-corrected chi connectivity index (χ0v) is 18.4. The summed E-state index contributed by atoms with van der Waals surface area (Å²) in [4.78, 5) is 41.7. The van der Waals surface area contributed by atoms with Gasteiger partial charge in [-0.15, -0.1) is 11.8 Å². The van der Waals surface area contributed by atoms with E-state index in [1.807, 2.05) is 0 Å². The molecule has 2 heterocycles. The van der Waals surface area contributed by atoms with Crippen molar-refractivity contribution in [1.82, 2.24) is 15.6 Å². The number of nitrogens with zero attached hydrogens (tertiary/aromatic N) is 1. The van der Waals surface area contributed by atoms with Crippen LogP contribution in [0.4, 0.5) is 4.79 Å². The fraction of sp³-hybridized carbons (Fsp3) is 0.238. The number of hydrogen-bond donors (Lipinski definition) is 2. The molecule has 1 aromatic heterocycles.